The molecule has 1 aliphatic heterocycles. The minimum atomic E-state index is -1.51. The summed E-state index contributed by atoms with van der Waals surface area (Å²) >= 11 is 0. The molecule has 2 N–H and O–H groups in total. The lowest BCUT2D eigenvalue weighted by Gasteiger charge is -2.60. The number of unbranched alkanes of at least 4 members (excludes halogenated alkanes) is 11. The molecule has 0 radical (unpaired) electrons. The first-order valence-electron chi connectivity index (χ1n) is 27.3. The minimum Gasteiger partial charge on any atom is -0.490 e. The number of oxime groups is 1. The van der Waals surface area contributed by atoms with Crippen LogP contribution in [0.4, 0.5) is 10.5 Å². The van der Waals surface area contributed by atoms with Crippen molar-refractivity contribution in [2.45, 2.75) is 147 Å². The van der Waals surface area contributed by atoms with E-state index < -0.39 is 28.8 Å². The van der Waals surface area contributed by atoms with Gasteiger partial charge in [-0.25, -0.2) is 4.79 Å². The molecular formula is C61H79N3O10. The molecule has 0 bridgehead atoms. The summed E-state index contributed by atoms with van der Waals surface area (Å²) < 4.78 is 27.3. The van der Waals surface area contributed by atoms with Gasteiger partial charge < -0.3 is 34.0 Å². The SMILES string of the molecule is C=CCOc1ccc2c(c1)C1C(CCCCO)C(CCCCO)C=C3C(=NOCc4ccc([N+](=O)[O-])cc4)CC(N(Cc4cccc5ccccc45)C(=O)OCCCCCCCCCCCC)C(OCC=C)(O2)C31. The number of hydrogen-bond acceptors (Lipinski definition) is 11. The van der Waals surface area contributed by atoms with E-state index in [9.17, 15) is 20.3 Å². The number of nitro groups is 1. The van der Waals surface area contributed by atoms with E-state index in [0.29, 0.717) is 42.2 Å². The molecule has 0 spiro atoms. The van der Waals surface area contributed by atoms with E-state index in [0.717, 1.165) is 78.8 Å². The fraction of sp³-hybridized carbons (Fsp3) is 0.508. The summed E-state index contributed by atoms with van der Waals surface area (Å²) in [5.74, 6) is -1.02. The van der Waals surface area contributed by atoms with Crippen LogP contribution >= 0.6 is 0 Å². The average Bonchev–Trinajstić information content (AvgIpc) is 3.43. The van der Waals surface area contributed by atoms with Gasteiger partial charge in [0.2, 0.25) is 5.79 Å². The third-order valence-electron chi connectivity index (χ3n) is 15.1. The molecule has 7 rings (SSSR count). The highest BCUT2D eigenvalue weighted by Crippen LogP contribution is 2.62. The van der Waals surface area contributed by atoms with Crippen molar-refractivity contribution in [3.63, 3.8) is 0 Å². The number of nitro benzene ring substituents is 1. The van der Waals surface area contributed by atoms with E-state index in [2.05, 4.69) is 56.5 Å². The third-order valence-corrected chi connectivity index (χ3v) is 15.1. The van der Waals surface area contributed by atoms with E-state index in [1.165, 1.54) is 50.7 Å². The summed E-state index contributed by atoms with van der Waals surface area (Å²) in [7, 11) is 0. The van der Waals surface area contributed by atoms with Gasteiger partial charge in [-0.2, -0.15) is 0 Å². The van der Waals surface area contributed by atoms with Gasteiger partial charge in [-0.1, -0.05) is 150 Å². The average molecular weight is 1010 g/mol. The number of ether oxygens (including phenoxy) is 4. The maximum atomic E-state index is 15.4. The zero-order valence-corrected chi connectivity index (χ0v) is 43.6. The largest absolute Gasteiger partial charge is 0.490 e. The summed E-state index contributed by atoms with van der Waals surface area (Å²) in [5, 5.41) is 38.7. The molecule has 398 valence electrons. The molecule has 4 aromatic rings. The predicted octanol–water partition coefficient (Wildman–Crippen LogP) is 13.7. The molecule has 13 nitrogen and oxygen atoms in total. The van der Waals surface area contributed by atoms with Crippen LogP contribution in [0.5, 0.6) is 11.5 Å². The maximum absolute atomic E-state index is 15.4. The Morgan fingerprint density at radius 2 is 1.55 bits per heavy atom. The highest BCUT2D eigenvalue weighted by Gasteiger charge is 2.65. The van der Waals surface area contributed by atoms with Crippen molar-refractivity contribution in [2.24, 2.45) is 22.9 Å². The zero-order chi connectivity index (χ0) is 52.1. The Hall–Kier alpha value is -6.02. The van der Waals surface area contributed by atoms with Crippen molar-refractivity contribution in [3.05, 3.63) is 149 Å². The number of carbonyl (C=O) groups excluding carboxylic acids is 1. The Morgan fingerprint density at radius 3 is 2.27 bits per heavy atom. The van der Waals surface area contributed by atoms with Crippen molar-refractivity contribution in [3.8, 4) is 11.5 Å². The predicted molar refractivity (Wildman–Crippen MR) is 291 cm³/mol. The lowest BCUT2D eigenvalue weighted by Crippen LogP contribution is -2.70. The lowest BCUT2D eigenvalue weighted by atomic mass is 9.55. The van der Waals surface area contributed by atoms with E-state index in [4.69, 9.17) is 28.9 Å². The Morgan fingerprint density at radius 1 is 0.851 bits per heavy atom. The molecule has 1 fully saturated rings. The first kappa shape index (κ1) is 55.7. The maximum Gasteiger partial charge on any atom is 0.410 e. The van der Waals surface area contributed by atoms with Gasteiger partial charge in [0.15, 0.2) is 0 Å². The first-order chi connectivity index (χ1) is 36.3. The van der Waals surface area contributed by atoms with E-state index in [1.54, 1.807) is 29.2 Å². The number of amides is 1. The van der Waals surface area contributed by atoms with Gasteiger partial charge in [0.1, 0.15) is 30.8 Å². The number of carbonyl (C=O) groups is 1. The number of hydrogen-bond donors (Lipinski definition) is 2. The van der Waals surface area contributed by atoms with Gasteiger partial charge in [-0.05, 0) is 102 Å². The van der Waals surface area contributed by atoms with Crippen molar-refractivity contribution < 1.29 is 43.7 Å². The number of fused-ring (bicyclic) bond motifs is 3. The first-order valence-corrected chi connectivity index (χ1v) is 27.3. The Balaban J connectivity index is 1.36. The molecule has 13 heteroatoms. The number of non-ortho nitro benzene ring substituents is 1. The van der Waals surface area contributed by atoms with Gasteiger partial charge in [0.25, 0.3) is 5.69 Å². The Kier molecular flexibility index (Phi) is 21.5. The number of aliphatic hydroxyl groups is 2. The van der Waals surface area contributed by atoms with Gasteiger partial charge in [-0.3, -0.25) is 15.0 Å². The fourth-order valence-electron chi connectivity index (χ4n) is 11.5. The van der Waals surface area contributed by atoms with E-state index in [1.807, 2.05) is 30.3 Å². The van der Waals surface area contributed by atoms with E-state index >= 15 is 4.79 Å². The van der Waals surface area contributed by atoms with Crippen LogP contribution in [0.25, 0.3) is 10.8 Å². The third kappa shape index (κ3) is 14.0. The second kappa shape index (κ2) is 28.6. The molecule has 1 saturated carbocycles. The number of allylic oxidation sites excluding steroid dienone is 1. The minimum absolute atomic E-state index is 0.00819. The van der Waals surface area contributed by atoms with Crippen LogP contribution in [0.1, 0.15) is 139 Å². The molecular weight excluding hydrogens is 935 g/mol. The molecule has 2 aliphatic carbocycles. The van der Waals surface area contributed by atoms with Crippen LogP contribution < -0.4 is 9.47 Å². The van der Waals surface area contributed by atoms with Crippen LogP contribution in [0.2, 0.25) is 0 Å². The second-order valence-corrected chi connectivity index (χ2v) is 20.1. The molecule has 1 amide bonds. The van der Waals surface area contributed by atoms with Crippen LogP contribution in [-0.4, -0.2) is 76.7 Å². The van der Waals surface area contributed by atoms with Gasteiger partial charge in [0, 0.05) is 43.2 Å². The highest BCUT2D eigenvalue weighted by atomic mass is 16.7. The quantitative estimate of drug-likeness (QED) is 0.0208. The van der Waals surface area contributed by atoms with Crippen LogP contribution in [0, 0.1) is 27.9 Å². The standard InChI is InChI=1S/C61H79N3O10/c1-4-7-8-9-10-11-12-13-14-21-39-71-60(67)63(43-48-26-22-25-46-23-15-16-27-51(46)48)57-42-55(62-73-44-45-29-31-49(32-30-45)64(68)69)53-40-47(24-17-19-35-65)52(28-18-20-36-66)58-54-41-50(70-37-5-2)33-34-56(54)74-61(57,59(53)58)72-38-6-3/h5-6,15-16,22-23,25-27,29-34,40-41,47,52,57-59,65-66H,2-4,7-14,17-21,24,28,35-39,42-44H2,1H3. The lowest BCUT2D eigenvalue weighted by molar-refractivity contribution is -0.384. The molecule has 1 heterocycles. The van der Waals surface area contributed by atoms with Crippen LogP contribution in [0.3, 0.4) is 0 Å². The number of rotatable bonds is 32. The van der Waals surface area contributed by atoms with Crippen LogP contribution in [0.15, 0.2) is 127 Å². The summed E-state index contributed by atoms with van der Waals surface area (Å²) in [5.41, 5.74) is 4.07. The van der Waals surface area contributed by atoms with Crippen molar-refractivity contribution >= 4 is 28.3 Å². The van der Waals surface area contributed by atoms with Gasteiger partial charge >= 0.3 is 6.09 Å². The Bertz CT molecular complexity index is 2500. The Labute approximate surface area is 438 Å². The second-order valence-electron chi connectivity index (χ2n) is 20.1. The molecule has 6 atom stereocenters. The summed E-state index contributed by atoms with van der Waals surface area (Å²) in [6, 6.07) is 25.6. The van der Waals surface area contributed by atoms with Crippen LogP contribution in [-0.2, 0) is 27.5 Å². The van der Waals surface area contributed by atoms with Crippen molar-refractivity contribution in [1.29, 1.82) is 0 Å². The normalized spacial score (nSPS) is 21.2. The van der Waals surface area contributed by atoms with Gasteiger partial charge in [-0.15, -0.1) is 6.58 Å². The van der Waals surface area contributed by atoms with Crippen molar-refractivity contribution in [2.75, 3.05) is 33.0 Å². The van der Waals surface area contributed by atoms with E-state index in [-0.39, 0.29) is 69.4 Å². The van der Waals surface area contributed by atoms with Crippen molar-refractivity contribution in [1.82, 2.24) is 4.90 Å². The number of nitrogens with zero attached hydrogens (tertiary/aromatic N) is 3. The summed E-state index contributed by atoms with van der Waals surface area (Å²) in [6.45, 7) is 11.3. The number of aliphatic hydroxyl groups excluding tert-OH is 2. The summed E-state index contributed by atoms with van der Waals surface area (Å²) in [6.07, 6.45) is 21.3. The molecule has 3 aliphatic rings. The van der Waals surface area contributed by atoms with Gasteiger partial charge in [0.05, 0.1) is 36.3 Å². The fourth-order valence-corrected chi connectivity index (χ4v) is 11.5. The highest BCUT2D eigenvalue weighted by molar-refractivity contribution is 6.03. The zero-order valence-electron chi connectivity index (χ0n) is 43.6. The molecule has 74 heavy (non-hydrogen) atoms. The molecule has 0 saturated heterocycles. The molecule has 0 aromatic heterocycles. The monoisotopic (exact) mass is 1010 g/mol. The molecule has 4 aromatic carbocycles. The summed E-state index contributed by atoms with van der Waals surface area (Å²) in [4.78, 5) is 34.5. The molecule has 6 unspecified atom stereocenters. The number of benzene rings is 4. The smallest absolute Gasteiger partial charge is 0.410 e. The topological polar surface area (TPSA) is 162 Å².